The van der Waals surface area contributed by atoms with E-state index in [1.165, 1.54) is 12.1 Å². The van der Waals surface area contributed by atoms with E-state index in [0.29, 0.717) is 13.1 Å². The first-order valence-electron chi connectivity index (χ1n) is 8.19. The molecule has 0 bridgehead atoms. The van der Waals surface area contributed by atoms with Crippen molar-refractivity contribution in [1.29, 1.82) is 0 Å². The van der Waals surface area contributed by atoms with Gasteiger partial charge in [-0.15, -0.1) is 0 Å². The summed E-state index contributed by atoms with van der Waals surface area (Å²) in [6, 6.07) is 14.5. The minimum absolute atomic E-state index is 0.324. The van der Waals surface area contributed by atoms with Crippen LogP contribution in [0, 0.1) is 0 Å². The first-order chi connectivity index (χ1) is 12.2. The summed E-state index contributed by atoms with van der Waals surface area (Å²) < 4.78 is 38.0. The maximum atomic E-state index is 12.7. The molecule has 138 valence electrons. The zero-order valence-electron chi connectivity index (χ0n) is 14.1. The molecule has 4 nitrogen and oxygen atoms in total. The third-order valence-electron chi connectivity index (χ3n) is 4.68. The highest BCUT2D eigenvalue weighted by atomic mass is 28.3. The van der Waals surface area contributed by atoms with Crippen molar-refractivity contribution in [3.05, 3.63) is 60.2 Å². The SMILES string of the molecule is C[Si@H](NC1(C(=O)O)CN(c2ccccc2)C1)c1ccc(C(F)(F)F)cc1. The fourth-order valence-electron chi connectivity index (χ4n) is 3.17. The van der Waals surface area contributed by atoms with Gasteiger partial charge in [-0.1, -0.05) is 49.0 Å². The van der Waals surface area contributed by atoms with Crippen LogP contribution in [-0.4, -0.2) is 38.7 Å². The van der Waals surface area contributed by atoms with Gasteiger partial charge in [0.25, 0.3) is 0 Å². The topological polar surface area (TPSA) is 52.6 Å². The number of carboxylic acids is 1. The van der Waals surface area contributed by atoms with Crippen molar-refractivity contribution in [2.75, 3.05) is 18.0 Å². The summed E-state index contributed by atoms with van der Waals surface area (Å²) in [7, 11) is -1.93. The quantitative estimate of drug-likeness (QED) is 0.781. The molecule has 1 heterocycles. The average molecular weight is 380 g/mol. The van der Waals surface area contributed by atoms with Crippen LogP contribution in [0.3, 0.4) is 0 Å². The molecule has 0 radical (unpaired) electrons. The summed E-state index contributed by atoms with van der Waals surface area (Å²) in [6.45, 7) is 2.53. The van der Waals surface area contributed by atoms with Crippen molar-refractivity contribution < 1.29 is 23.1 Å². The normalized spacial score (nSPS) is 17.5. The molecule has 26 heavy (non-hydrogen) atoms. The average Bonchev–Trinajstić information content (AvgIpc) is 2.57. The van der Waals surface area contributed by atoms with E-state index in [2.05, 4.69) is 4.98 Å². The molecule has 0 unspecified atom stereocenters. The maximum Gasteiger partial charge on any atom is 0.416 e. The molecular weight excluding hydrogens is 361 g/mol. The van der Waals surface area contributed by atoms with E-state index in [-0.39, 0.29) is 0 Å². The van der Waals surface area contributed by atoms with Crippen LogP contribution >= 0.6 is 0 Å². The maximum absolute atomic E-state index is 12.7. The number of nitrogens with zero attached hydrogens (tertiary/aromatic N) is 1. The fraction of sp³-hybridized carbons (Fsp3) is 0.278. The van der Waals surface area contributed by atoms with E-state index < -0.39 is 32.2 Å². The highest BCUT2D eigenvalue weighted by Gasteiger charge is 2.50. The highest BCUT2D eigenvalue weighted by molar-refractivity contribution is 6.70. The molecule has 8 heteroatoms. The number of benzene rings is 2. The predicted octanol–water partition coefficient (Wildman–Crippen LogP) is 2.20. The number of hydrogen-bond donors (Lipinski definition) is 2. The van der Waals surface area contributed by atoms with E-state index >= 15 is 0 Å². The molecule has 0 amide bonds. The second-order valence-corrected chi connectivity index (χ2v) is 8.96. The highest BCUT2D eigenvalue weighted by Crippen LogP contribution is 2.29. The van der Waals surface area contributed by atoms with Crippen molar-refractivity contribution in [3.8, 4) is 0 Å². The van der Waals surface area contributed by atoms with Crippen LogP contribution < -0.4 is 15.1 Å². The molecule has 2 N–H and O–H groups in total. The van der Waals surface area contributed by atoms with Gasteiger partial charge < -0.3 is 15.0 Å². The van der Waals surface area contributed by atoms with Gasteiger partial charge in [0.15, 0.2) is 0 Å². The summed E-state index contributed by atoms with van der Waals surface area (Å²) in [4.78, 5) is 17.0. The molecule has 0 spiro atoms. The number of nitrogens with one attached hydrogen (secondary N) is 1. The van der Waals surface area contributed by atoms with Gasteiger partial charge in [0, 0.05) is 18.8 Å². The Bertz CT molecular complexity index is 775. The third kappa shape index (κ3) is 3.61. The minimum atomic E-state index is -4.37. The van der Waals surface area contributed by atoms with Crippen LogP contribution in [0.25, 0.3) is 0 Å². The lowest BCUT2D eigenvalue weighted by atomic mass is 9.90. The van der Waals surface area contributed by atoms with Gasteiger partial charge in [0.1, 0.15) is 14.5 Å². The monoisotopic (exact) mass is 380 g/mol. The fourth-order valence-corrected chi connectivity index (χ4v) is 5.24. The summed E-state index contributed by atoms with van der Waals surface area (Å²) in [6.07, 6.45) is -4.37. The lowest BCUT2D eigenvalue weighted by Gasteiger charge is -2.50. The lowest BCUT2D eigenvalue weighted by Crippen LogP contribution is -2.76. The summed E-state index contributed by atoms with van der Waals surface area (Å²) in [5, 5.41) is 10.4. The molecular formula is C18H19F3N2O2Si. The third-order valence-corrected chi connectivity index (χ3v) is 7.05. The van der Waals surface area contributed by atoms with Crippen LogP contribution in [0.1, 0.15) is 5.56 Å². The van der Waals surface area contributed by atoms with Gasteiger partial charge in [-0.2, -0.15) is 13.2 Å². The number of carboxylic acid groups (broad SMARTS) is 1. The van der Waals surface area contributed by atoms with Gasteiger partial charge >= 0.3 is 12.1 Å². The van der Waals surface area contributed by atoms with E-state index in [1.807, 2.05) is 41.8 Å². The molecule has 2 aromatic carbocycles. The molecule has 2 aromatic rings. The van der Waals surface area contributed by atoms with Gasteiger partial charge in [0.05, 0.1) is 5.56 Å². The molecule has 1 atom stereocenters. The van der Waals surface area contributed by atoms with Gasteiger partial charge in [-0.25, -0.2) is 0 Å². The van der Waals surface area contributed by atoms with Crippen molar-refractivity contribution in [2.45, 2.75) is 18.3 Å². The van der Waals surface area contributed by atoms with Crippen molar-refractivity contribution in [3.63, 3.8) is 0 Å². The number of rotatable bonds is 5. The number of halogens is 3. The Kier molecular flexibility index (Phi) is 4.81. The standard InChI is InChI=1S/C18H19F3N2O2Si/c1-26(15-9-7-13(8-10-15)18(19,20)21)22-17(16(24)25)11-23(12-17)14-5-3-2-4-6-14/h2-10,22,26H,11-12H2,1H3,(H,24,25)/t26-/m0/s1. The number of hydrogen-bond acceptors (Lipinski definition) is 3. The van der Waals surface area contributed by atoms with Gasteiger partial charge in [-0.05, 0) is 17.3 Å². The minimum Gasteiger partial charge on any atom is -0.480 e. The molecule has 1 saturated heterocycles. The largest absolute Gasteiger partial charge is 0.480 e. The van der Waals surface area contributed by atoms with Crippen molar-refractivity contribution in [1.82, 2.24) is 4.98 Å². The van der Waals surface area contributed by atoms with E-state index in [0.717, 1.165) is 23.0 Å². The Hall–Kier alpha value is -2.32. The van der Waals surface area contributed by atoms with Crippen LogP contribution in [0.5, 0.6) is 0 Å². The summed E-state index contributed by atoms with van der Waals surface area (Å²) in [5.74, 6) is -0.934. The molecule has 0 aromatic heterocycles. The van der Waals surface area contributed by atoms with Gasteiger partial charge in [0.2, 0.25) is 0 Å². The first kappa shape index (κ1) is 18.5. The number of aliphatic carboxylic acids is 1. The van der Waals surface area contributed by atoms with Crippen LogP contribution in [-0.2, 0) is 11.0 Å². The summed E-state index contributed by atoms with van der Waals surface area (Å²) >= 11 is 0. The van der Waals surface area contributed by atoms with Crippen molar-refractivity contribution >= 4 is 25.8 Å². The molecule has 1 fully saturated rings. The predicted molar refractivity (Wildman–Crippen MR) is 96.2 cm³/mol. The second kappa shape index (κ2) is 6.77. The second-order valence-electron chi connectivity index (χ2n) is 6.56. The molecule has 1 aliphatic heterocycles. The Balaban J connectivity index is 1.70. The molecule has 0 aliphatic carbocycles. The van der Waals surface area contributed by atoms with E-state index in [9.17, 15) is 23.1 Å². The number of carbonyl (C=O) groups is 1. The van der Waals surface area contributed by atoms with E-state index in [4.69, 9.17) is 0 Å². The molecule has 3 rings (SSSR count). The van der Waals surface area contributed by atoms with Crippen LogP contribution in [0.15, 0.2) is 54.6 Å². The number of anilines is 1. The van der Waals surface area contributed by atoms with Crippen LogP contribution in [0.4, 0.5) is 18.9 Å². The van der Waals surface area contributed by atoms with Gasteiger partial charge in [-0.3, -0.25) is 4.79 Å². The first-order valence-corrected chi connectivity index (χ1v) is 10.5. The Morgan fingerprint density at radius 3 is 2.19 bits per heavy atom. The Morgan fingerprint density at radius 2 is 1.69 bits per heavy atom. The van der Waals surface area contributed by atoms with Crippen LogP contribution in [0.2, 0.25) is 6.55 Å². The van der Waals surface area contributed by atoms with E-state index in [1.54, 1.807) is 0 Å². The lowest BCUT2D eigenvalue weighted by molar-refractivity contribution is -0.145. The molecule has 1 aliphatic rings. The smallest absolute Gasteiger partial charge is 0.416 e. The number of alkyl halides is 3. The summed E-state index contributed by atoms with van der Waals surface area (Å²) in [5.41, 5.74) is -0.811. The molecule has 0 saturated carbocycles. The number of para-hydroxylation sites is 1. The Morgan fingerprint density at radius 1 is 1.12 bits per heavy atom. The zero-order chi connectivity index (χ0) is 18.9. The van der Waals surface area contributed by atoms with Crippen molar-refractivity contribution in [2.24, 2.45) is 0 Å². The zero-order valence-corrected chi connectivity index (χ0v) is 15.3. The Labute approximate surface area is 150 Å².